The lowest BCUT2D eigenvalue weighted by Gasteiger charge is -2.16. The van der Waals surface area contributed by atoms with Gasteiger partial charge in [0, 0.05) is 13.5 Å². The van der Waals surface area contributed by atoms with Gasteiger partial charge in [0.1, 0.15) is 28.9 Å². The molecule has 0 fully saturated rings. The van der Waals surface area contributed by atoms with Gasteiger partial charge in [-0.15, -0.1) is 0 Å². The third-order valence-corrected chi connectivity index (χ3v) is 6.06. The number of rotatable bonds is 17. The van der Waals surface area contributed by atoms with E-state index in [1.54, 1.807) is 14.0 Å². The van der Waals surface area contributed by atoms with Gasteiger partial charge in [-0.2, -0.15) is 0 Å². The van der Waals surface area contributed by atoms with Crippen LogP contribution in [0.25, 0.3) is 0 Å². The van der Waals surface area contributed by atoms with Crippen molar-refractivity contribution < 1.29 is 28.5 Å². The van der Waals surface area contributed by atoms with Gasteiger partial charge < -0.3 is 23.7 Å². The van der Waals surface area contributed by atoms with Crippen molar-refractivity contribution in [1.29, 1.82) is 0 Å². The molecule has 38 heavy (non-hydrogen) atoms. The summed E-state index contributed by atoms with van der Waals surface area (Å²) in [5, 5.41) is 0. The van der Waals surface area contributed by atoms with E-state index >= 15 is 0 Å². The van der Waals surface area contributed by atoms with Gasteiger partial charge >= 0.3 is 5.97 Å². The van der Waals surface area contributed by atoms with Crippen molar-refractivity contribution in [3.8, 4) is 23.0 Å². The zero-order valence-corrected chi connectivity index (χ0v) is 22.8. The van der Waals surface area contributed by atoms with E-state index in [-0.39, 0.29) is 12.6 Å². The minimum Gasteiger partial charge on any atom is -0.493 e. The zero-order chi connectivity index (χ0) is 27.0. The van der Waals surface area contributed by atoms with E-state index in [1.807, 2.05) is 66.7 Å². The lowest BCUT2D eigenvalue weighted by atomic mass is 10.00. The van der Waals surface area contributed by atoms with Crippen molar-refractivity contribution in [2.45, 2.75) is 51.9 Å². The maximum atomic E-state index is 12.2. The first-order chi connectivity index (χ1) is 18.6. The molecule has 0 aromatic heterocycles. The molecule has 3 aromatic rings. The summed E-state index contributed by atoms with van der Waals surface area (Å²) in [4.78, 5) is 12.2. The van der Waals surface area contributed by atoms with Crippen LogP contribution >= 0.6 is 0 Å². The number of hydrogen-bond donors (Lipinski definition) is 0. The maximum absolute atomic E-state index is 12.2. The molecule has 204 valence electrons. The van der Waals surface area contributed by atoms with Crippen molar-refractivity contribution in [3.05, 3.63) is 83.9 Å². The summed E-state index contributed by atoms with van der Waals surface area (Å²) in [6, 6.07) is 23.4. The SMILES string of the molecule is CCCCCc1cc(Oc2ccccc2)ccc1OCCCOc1ccc(C(COC)C(=O)OCC)cc1. The van der Waals surface area contributed by atoms with Crippen molar-refractivity contribution in [2.24, 2.45) is 0 Å². The molecular weight excluding hydrogens is 480 g/mol. The monoisotopic (exact) mass is 520 g/mol. The molecule has 0 amide bonds. The summed E-state index contributed by atoms with van der Waals surface area (Å²) in [5.74, 6) is 2.55. The van der Waals surface area contributed by atoms with Gasteiger partial charge in [-0.3, -0.25) is 4.79 Å². The molecule has 0 N–H and O–H groups in total. The summed E-state index contributed by atoms with van der Waals surface area (Å²) < 4.78 is 28.4. The Morgan fingerprint density at radius 1 is 0.789 bits per heavy atom. The van der Waals surface area contributed by atoms with Crippen LogP contribution in [0.5, 0.6) is 23.0 Å². The molecule has 1 atom stereocenters. The molecule has 0 saturated heterocycles. The fourth-order valence-electron chi connectivity index (χ4n) is 4.08. The van der Waals surface area contributed by atoms with Crippen LogP contribution in [0.1, 0.15) is 56.6 Å². The van der Waals surface area contributed by atoms with E-state index in [1.165, 1.54) is 12.8 Å². The number of para-hydroxylation sites is 1. The highest BCUT2D eigenvalue weighted by Gasteiger charge is 2.22. The topological polar surface area (TPSA) is 63.2 Å². The fraction of sp³-hybridized carbons (Fsp3) is 0.406. The molecule has 0 aliphatic heterocycles. The lowest BCUT2D eigenvalue weighted by molar-refractivity contribution is -0.146. The first-order valence-electron chi connectivity index (χ1n) is 13.5. The van der Waals surface area contributed by atoms with E-state index < -0.39 is 5.92 Å². The van der Waals surface area contributed by atoms with Crippen LogP contribution in [-0.4, -0.2) is 39.5 Å². The van der Waals surface area contributed by atoms with Crippen LogP contribution in [0, 0.1) is 0 Å². The van der Waals surface area contributed by atoms with E-state index in [2.05, 4.69) is 13.0 Å². The minimum absolute atomic E-state index is 0.274. The Balaban J connectivity index is 1.50. The molecular formula is C32H40O6. The second-order valence-corrected chi connectivity index (χ2v) is 9.02. The summed E-state index contributed by atoms with van der Waals surface area (Å²) in [5.41, 5.74) is 2.01. The number of carbonyl (C=O) groups excluding carboxylic acids is 1. The largest absolute Gasteiger partial charge is 0.493 e. The molecule has 6 nitrogen and oxygen atoms in total. The van der Waals surface area contributed by atoms with Crippen LogP contribution in [-0.2, 0) is 20.7 Å². The highest BCUT2D eigenvalue weighted by molar-refractivity contribution is 5.78. The predicted molar refractivity (Wildman–Crippen MR) is 149 cm³/mol. The number of aryl methyl sites for hydroxylation is 1. The van der Waals surface area contributed by atoms with E-state index in [9.17, 15) is 4.79 Å². The number of hydrogen-bond acceptors (Lipinski definition) is 6. The van der Waals surface area contributed by atoms with Crippen molar-refractivity contribution in [3.63, 3.8) is 0 Å². The molecule has 1 unspecified atom stereocenters. The minimum atomic E-state index is -0.446. The van der Waals surface area contributed by atoms with Crippen LogP contribution in [0.2, 0.25) is 0 Å². The molecule has 0 spiro atoms. The Morgan fingerprint density at radius 3 is 2.24 bits per heavy atom. The quantitative estimate of drug-likeness (QED) is 0.137. The molecule has 0 saturated carbocycles. The molecule has 3 rings (SSSR count). The van der Waals surface area contributed by atoms with Crippen molar-refractivity contribution >= 4 is 5.97 Å². The maximum Gasteiger partial charge on any atom is 0.315 e. The Labute approximate surface area is 226 Å². The molecule has 0 aliphatic carbocycles. The van der Waals surface area contributed by atoms with Crippen molar-refractivity contribution in [2.75, 3.05) is 33.5 Å². The number of esters is 1. The van der Waals surface area contributed by atoms with Gasteiger partial charge in [-0.1, -0.05) is 50.1 Å². The zero-order valence-electron chi connectivity index (χ0n) is 22.8. The molecule has 0 bridgehead atoms. The van der Waals surface area contributed by atoms with Gasteiger partial charge in [0.2, 0.25) is 0 Å². The second kappa shape index (κ2) is 16.4. The molecule has 6 heteroatoms. The number of carbonyl (C=O) groups is 1. The number of benzene rings is 3. The van der Waals surface area contributed by atoms with Gasteiger partial charge in [0.25, 0.3) is 0 Å². The predicted octanol–water partition coefficient (Wildman–Crippen LogP) is 7.35. The average molecular weight is 521 g/mol. The first kappa shape index (κ1) is 29.1. The summed E-state index contributed by atoms with van der Waals surface area (Å²) in [6.45, 7) is 5.70. The summed E-state index contributed by atoms with van der Waals surface area (Å²) >= 11 is 0. The molecule has 3 aromatic carbocycles. The van der Waals surface area contributed by atoms with Crippen LogP contribution in [0.4, 0.5) is 0 Å². The third-order valence-electron chi connectivity index (χ3n) is 6.06. The van der Waals surface area contributed by atoms with Crippen LogP contribution in [0.15, 0.2) is 72.8 Å². The van der Waals surface area contributed by atoms with E-state index in [0.717, 1.165) is 53.4 Å². The van der Waals surface area contributed by atoms with Gasteiger partial charge in [-0.25, -0.2) is 0 Å². The Hall–Kier alpha value is -3.51. The highest BCUT2D eigenvalue weighted by atomic mass is 16.5. The van der Waals surface area contributed by atoms with Gasteiger partial charge in [-0.05, 0) is 73.4 Å². The number of unbranched alkanes of at least 4 members (excludes halogenated alkanes) is 2. The average Bonchev–Trinajstić information content (AvgIpc) is 2.94. The van der Waals surface area contributed by atoms with E-state index in [0.29, 0.717) is 19.8 Å². The fourth-order valence-corrected chi connectivity index (χ4v) is 4.08. The summed E-state index contributed by atoms with van der Waals surface area (Å²) in [6.07, 6.45) is 5.16. The van der Waals surface area contributed by atoms with Crippen LogP contribution in [0.3, 0.4) is 0 Å². The van der Waals surface area contributed by atoms with E-state index in [4.69, 9.17) is 23.7 Å². The Morgan fingerprint density at radius 2 is 1.53 bits per heavy atom. The first-order valence-corrected chi connectivity index (χ1v) is 13.5. The normalized spacial score (nSPS) is 11.6. The number of ether oxygens (including phenoxy) is 5. The lowest BCUT2D eigenvalue weighted by Crippen LogP contribution is -2.20. The van der Waals surface area contributed by atoms with Crippen LogP contribution < -0.4 is 14.2 Å². The van der Waals surface area contributed by atoms with Crippen molar-refractivity contribution in [1.82, 2.24) is 0 Å². The molecule has 0 aliphatic rings. The number of methoxy groups -OCH3 is 1. The Bertz CT molecular complexity index is 1080. The third kappa shape index (κ3) is 9.42. The summed E-state index contributed by atoms with van der Waals surface area (Å²) in [7, 11) is 1.58. The standard InChI is InChI=1S/C32H40O6/c1-4-6-8-12-26-23-29(38-28-13-9-7-10-14-28)19-20-31(26)37-22-11-21-36-27-17-15-25(16-18-27)30(24-34-3)32(33)35-5-2/h7,9-10,13-20,23,30H,4-6,8,11-12,21-22,24H2,1-3H3. The van der Waals surface area contributed by atoms with Gasteiger partial charge in [0.05, 0.1) is 26.4 Å². The highest BCUT2D eigenvalue weighted by Crippen LogP contribution is 2.29. The second-order valence-electron chi connectivity index (χ2n) is 9.02. The Kier molecular flexibility index (Phi) is 12.5. The molecule has 0 heterocycles. The van der Waals surface area contributed by atoms with Gasteiger partial charge in [0.15, 0.2) is 0 Å². The smallest absolute Gasteiger partial charge is 0.315 e. The molecule has 0 radical (unpaired) electrons.